The molecule has 4 heteroatoms. The first-order valence-electron chi connectivity index (χ1n) is 1.02. The Hall–Kier alpha value is 0.150. The van der Waals surface area contributed by atoms with Gasteiger partial charge in [0.15, 0.2) is 0 Å². The molecule has 1 aliphatic rings. The Kier molecular flexibility index (Phi) is 1.04. The van der Waals surface area contributed by atoms with E-state index >= 15 is 0 Å². The number of rotatable bonds is 0. The Morgan fingerprint density at radius 2 is 2.80 bits per heavy atom. The zero-order valence-corrected chi connectivity index (χ0v) is 3.90. The molecule has 1 aliphatic heterocycles. The molecule has 0 saturated heterocycles. The van der Waals surface area contributed by atoms with Crippen LogP contribution in [-0.4, -0.2) is 0 Å². The third-order valence-electron chi connectivity index (χ3n) is 0.207. The molecule has 0 atom stereocenters. The summed E-state index contributed by atoms with van der Waals surface area (Å²) in [7, 11) is 0. The van der Waals surface area contributed by atoms with E-state index in [2.05, 4.69) is 13.8 Å². The minimum absolute atomic E-state index is 1.30. The molecule has 0 aromatic carbocycles. The molecule has 0 aromatic heterocycles. The number of nitrogens with zero attached hydrogens (tertiary/aromatic N) is 1. The van der Waals surface area contributed by atoms with Crippen LogP contribution in [0.5, 0.6) is 0 Å². The molecule has 0 saturated carbocycles. The van der Waals surface area contributed by atoms with Crippen molar-refractivity contribution in [1.29, 1.82) is 0 Å². The molecular weight excluding hydrogens is 104 g/mol. The number of hydrogen-bond donors (Lipinski definition) is 1. The van der Waals surface area contributed by atoms with Crippen molar-refractivity contribution < 1.29 is 0 Å². The normalized spacial score (nSPS) is 17.6. The maximum absolute atomic E-state index is 3.60. The summed E-state index contributed by atoms with van der Waals surface area (Å²) >= 11 is 2.67. The summed E-state index contributed by atoms with van der Waals surface area (Å²) in [6.45, 7) is 0. The van der Waals surface area contributed by atoms with E-state index in [4.69, 9.17) is 0 Å². The highest BCUT2D eigenvalue weighted by Gasteiger charge is 2.03. The largest absolute Gasteiger partial charge is 0.418 e. The van der Waals surface area contributed by atoms with Gasteiger partial charge in [0.25, 0.3) is 0 Å². The molecule has 0 bridgehead atoms. The van der Waals surface area contributed by atoms with E-state index < -0.39 is 0 Å². The Morgan fingerprint density at radius 1 is 1.80 bits per heavy atom. The average molecular weight is 105 g/mol. The van der Waals surface area contributed by atoms with Gasteiger partial charge in [-0.1, -0.05) is 0 Å². The van der Waals surface area contributed by atoms with E-state index in [1.165, 1.54) is 24.1 Å². The van der Waals surface area contributed by atoms with E-state index in [9.17, 15) is 0 Å². The lowest BCUT2D eigenvalue weighted by atomic mass is 11.8. The summed E-state index contributed by atoms with van der Waals surface area (Å²) in [5.41, 5.74) is 0. The van der Waals surface area contributed by atoms with Crippen molar-refractivity contribution >= 4 is 24.1 Å². The quantitative estimate of drug-likeness (QED) is 0.367. The first kappa shape index (κ1) is 3.34. The van der Waals surface area contributed by atoms with E-state index in [1.807, 2.05) is 0 Å². The van der Waals surface area contributed by atoms with E-state index in [1.54, 1.807) is 0 Å². The summed E-state index contributed by atoms with van der Waals surface area (Å²) in [6, 6.07) is 0. The molecule has 0 spiro atoms. The van der Waals surface area contributed by atoms with Crippen molar-refractivity contribution in [1.82, 2.24) is 4.13 Å². The maximum Gasteiger partial charge on any atom is 0.418 e. The standard InChI is InChI=1S/CHN2S2/c1-2-5-3-4-1/h3H/q+1. The molecule has 26 valence electrons. The first-order chi connectivity index (χ1) is 2.50. The van der Waals surface area contributed by atoms with Gasteiger partial charge in [-0.15, -0.1) is 4.13 Å². The fourth-order valence-corrected chi connectivity index (χ4v) is 0.839. The molecule has 0 amide bonds. The average Bonchev–Trinajstić information content (AvgIpc) is 1.76. The van der Waals surface area contributed by atoms with Crippen LogP contribution in [0, 0.1) is 5.40 Å². The zero-order valence-electron chi connectivity index (χ0n) is 2.26. The molecule has 1 rings (SSSR count). The van der Waals surface area contributed by atoms with E-state index in [0.717, 1.165) is 0 Å². The van der Waals surface area contributed by atoms with Crippen LogP contribution in [0.1, 0.15) is 0 Å². The molecular formula is CHN2S2+. The van der Waals surface area contributed by atoms with E-state index in [-0.39, 0.29) is 0 Å². The number of nitrogens with one attached hydrogen (secondary N) is 1. The van der Waals surface area contributed by atoms with Gasteiger partial charge >= 0.3 is 17.5 Å². The second-order valence-electron chi connectivity index (χ2n) is 0.459. The van der Waals surface area contributed by atoms with Crippen molar-refractivity contribution in [3.63, 3.8) is 0 Å². The topological polar surface area (TPSA) is 16.4 Å². The van der Waals surface area contributed by atoms with Crippen molar-refractivity contribution in [2.24, 2.45) is 0 Å². The van der Waals surface area contributed by atoms with Crippen molar-refractivity contribution in [3.05, 3.63) is 4.25 Å². The molecule has 5 heavy (non-hydrogen) atoms. The van der Waals surface area contributed by atoms with Crippen LogP contribution in [0.3, 0.4) is 0 Å². The first-order valence-corrected chi connectivity index (χ1v) is 2.61. The van der Waals surface area contributed by atoms with Crippen LogP contribution in [0.4, 0.5) is 0 Å². The van der Waals surface area contributed by atoms with Crippen LogP contribution in [0.2, 0.25) is 0 Å². The molecule has 1 N–H and O–H groups in total. The smallest absolute Gasteiger partial charge is 0.114 e. The minimum atomic E-state index is 1.30. The SMILES string of the molecule is C1#[N+]SNS1. The van der Waals surface area contributed by atoms with Gasteiger partial charge in [0, 0.05) is 4.25 Å². The van der Waals surface area contributed by atoms with Crippen LogP contribution < -0.4 is 4.13 Å². The van der Waals surface area contributed by atoms with Gasteiger partial charge < -0.3 is 0 Å². The van der Waals surface area contributed by atoms with Gasteiger partial charge in [-0.3, -0.25) is 0 Å². The summed E-state index contributed by atoms with van der Waals surface area (Å²) in [5, 5.41) is 2.62. The number of thiocyanates is 1. The fraction of sp³-hybridized carbons (Fsp3) is 0. The van der Waals surface area contributed by atoms with Crippen molar-refractivity contribution in [2.75, 3.05) is 0 Å². The second-order valence-corrected chi connectivity index (χ2v) is 1.88. The molecule has 0 aromatic rings. The molecule has 1 heterocycles. The van der Waals surface area contributed by atoms with Gasteiger partial charge in [0.2, 0.25) is 0 Å². The third-order valence-corrected chi connectivity index (χ3v) is 1.32. The van der Waals surface area contributed by atoms with Crippen molar-refractivity contribution in [3.8, 4) is 5.40 Å². The summed E-state index contributed by atoms with van der Waals surface area (Å²) in [5.74, 6) is 0. The maximum atomic E-state index is 3.60. The van der Waals surface area contributed by atoms with E-state index in [0.29, 0.717) is 0 Å². The lowest BCUT2D eigenvalue weighted by molar-refractivity contribution is 1.80. The van der Waals surface area contributed by atoms with Crippen LogP contribution >= 0.6 is 24.1 Å². The van der Waals surface area contributed by atoms with Crippen LogP contribution in [-0.2, 0) is 0 Å². The highest BCUT2D eigenvalue weighted by Crippen LogP contribution is 2.10. The van der Waals surface area contributed by atoms with Gasteiger partial charge in [-0.05, 0) is 0 Å². The molecule has 0 radical (unpaired) electrons. The summed E-state index contributed by atoms with van der Waals surface area (Å²) in [6.07, 6.45) is 0. The highest BCUT2D eigenvalue weighted by molar-refractivity contribution is 8.18. The fourth-order valence-electron chi connectivity index (χ4n) is 0.0932. The lowest BCUT2D eigenvalue weighted by Crippen LogP contribution is -1.73. The second kappa shape index (κ2) is 1.55. The van der Waals surface area contributed by atoms with Crippen molar-refractivity contribution in [2.45, 2.75) is 0 Å². The third kappa shape index (κ3) is 0.723. The Bertz CT molecular complexity index is 71.4. The summed E-state index contributed by atoms with van der Waals surface area (Å²) < 4.78 is 6.38. The molecule has 0 unspecified atom stereocenters. The predicted molar refractivity (Wildman–Crippen MR) is 25.6 cm³/mol. The van der Waals surface area contributed by atoms with Crippen LogP contribution in [0.15, 0.2) is 0 Å². The number of hydrogen-bond acceptors (Lipinski definition) is 3. The highest BCUT2D eigenvalue weighted by atomic mass is 32.2. The molecule has 0 fully saturated rings. The van der Waals surface area contributed by atoms with Gasteiger partial charge in [-0.2, -0.15) is 0 Å². The summed E-state index contributed by atoms with van der Waals surface area (Å²) in [4.78, 5) is 0. The Labute approximate surface area is 38.5 Å². The van der Waals surface area contributed by atoms with Crippen LogP contribution in [0.25, 0.3) is 4.25 Å². The van der Waals surface area contributed by atoms with Gasteiger partial charge in [-0.25, -0.2) is 0 Å². The monoisotopic (exact) mass is 105 g/mol. The Morgan fingerprint density at radius 3 is 3.00 bits per heavy atom. The predicted octanol–water partition coefficient (Wildman–Crippen LogP) is 1.09. The molecule has 2 nitrogen and oxygen atoms in total. The lowest BCUT2D eigenvalue weighted by Gasteiger charge is -1.56. The van der Waals surface area contributed by atoms with Gasteiger partial charge in [0.1, 0.15) is 11.9 Å². The zero-order chi connectivity index (χ0) is 3.54. The minimum Gasteiger partial charge on any atom is -0.114 e. The van der Waals surface area contributed by atoms with Gasteiger partial charge in [0.05, 0.1) is 0 Å². The molecule has 0 aliphatic carbocycles. The Balaban J connectivity index is 2.42.